The summed E-state index contributed by atoms with van der Waals surface area (Å²) in [7, 11) is -1.89. The quantitative estimate of drug-likeness (QED) is 0.633. The Kier molecular flexibility index (Phi) is 6.93. The molecule has 0 saturated carbocycles. The summed E-state index contributed by atoms with van der Waals surface area (Å²) in [6, 6.07) is 14.6. The van der Waals surface area contributed by atoms with Crippen molar-refractivity contribution in [1.82, 2.24) is 9.21 Å². The third kappa shape index (κ3) is 5.25. The maximum Gasteiger partial charge on any atom is 0.243 e. The summed E-state index contributed by atoms with van der Waals surface area (Å²) in [4.78, 5) is 2.60. The molecular weight excluding hydrogens is 376 g/mol. The van der Waals surface area contributed by atoms with Crippen molar-refractivity contribution in [3.63, 3.8) is 0 Å². The molecule has 0 N–H and O–H groups in total. The van der Waals surface area contributed by atoms with E-state index in [1.54, 1.807) is 35.7 Å². The smallest absolute Gasteiger partial charge is 0.243 e. The number of sulfonamides is 1. The predicted molar refractivity (Wildman–Crippen MR) is 109 cm³/mol. The van der Waals surface area contributed by atoms with Crippen molar-refractivity contribution >= 4 is 10.0 Å². The number of hydrogen-bond donors (Lipinski definition) is 0. The molecule has 152 valence electrons. The molecule has 0 radical (unpaired) electrons. The van der Waals surface area contributed by atoms with Gasteiger partial charge in [-0.1, -0.05) is 12.1 Å². The summed E-state index contributed by atoms with van der Waals surface area (Å²) in [5.41, 5.74) is 1.19. The van der Waals surface area contributed by atoms with Crippen LogP contribution in [0, 0.1) is 6.92 Å². The zero-order valence-electron chi connectivity index (χ0n) is 16.5. The van der Waals surface area contributed by atoms with Gasteiger partial charge in [-0.15, -0.1) is 0 Å². The molecule has 7 heteroatoms. The van der Waals surface area contributed by atoms with Crippen LogP contribution in [0.3, 0.4) is 0 Å². The number of aryl methyl sites for hydroxylation is 1. The van der Waals surface area contributed by atoms with E-state index in [1.165, 1.54) is 5.56 Å². The highest BCUT2D eigenvalue weighted by Crippen LogP contribution is 2.20. The molecule has 1 aliphatic heterocycles. The molecule has 1 heterocycles. The van der Waals surface area contributed by atoms with E-state index >= 15 is 0 Å². The average Bonchev–Trinajstić information content (AvgIpc) is 2.72. The number of methoxy groups -OCH3 is 1. The molecule has 0 amide bonds. The number of benzene rings is 2. The van der Waals surface area contributed by atoms with Crippen LogP contribution in [0.2, 0.25) is 0 Å². The van der Waals surface area contributed by atoms with Crippen LogP contribution in [0.25, 0.3) is 0 Å². The Morgan fingerprint density at radius 2 is 1.68 bits per heavy atom. The molecule has 0 aliphatic carbocycles. The second-order valence-corrected chi connectivity index (χ2v) is 8.88. The van der Waals surface area contributed by atoms with Crippen LogP contribution in [0.4, 0.5) is 0 Å². The van der Waals surface area contributed by atoms with Gasteiger partial charge in [-0.05, 0) is 55.3 Å². The third-order valence-corrected chi connectivity index (χ3v) is 6.82. The molecule has 1 aliphatic rings. The second kappa shape index (κ2) is 9.41. The van der Waals surface area contributed by atoms with Crippen LogP contribution in [-0.2, 0) is 10.0 Å². The summed E-state index contributed by atoms with van der Waals surface area (Å²) in [6.45, 7) is 6.10. The lowest BCUT2D eigenvalue weighted by molar-refractivity contribution is 0.174. The maximum absolute atomic E-state index is 12.8. The first-order chi connectivity index (χ1) is 13.5. The Labute approximate surface area is 167 Å². The van der Waals surface area contributed by atoms with Gasteiger partial charge in [0, 0.05) is 32.7 Å². The molecule has 28 heavy (non-hydrogen) atoms. The van der Waals surface area contributed by atoms with Gasteiger partial charge in [0.25, 0.3) is 0 Å². The standard InChI is InChI=1S/C21H28N2O4S/c1-18-5-3-6-20(17-18)27-16-4-11-22-12-14-23(15-13-22)28(24,25)21-9-7-19(26-2)8-10-21/h3,5-10,17H,4,11-16H2,1-2H3. The summed E-state index contributed by atoms with van der Waals surface area (Å²) < 4.78 is 38.0. The van der Waals surface area contributed by atoms with Crippen molar-refractivity contribution in [2.45, 2.75) is 18.2 Å². The van der Waals surface area contributed by atoms with E-state index in [-0.39, 0.29) is 0 Å². The van der Waals surface area contributed by atoms with Crippen molar-refractivity contribution in [2.24, 2.45) is 0 Å². The highest BCUT2D eigenvalue weighted by atomic mass is 32.2. The molecular formula is C21H28N2O4S. The lowest BCUT2D eigenvalue weighted by Gasteiger charge is -2.34. The number of hydrogen-bond acceptors (Lipinski definition) is 5. The number of rotatable bonds is 8. The molecule has 3 rings (SSSR count). The zero-order valence-corrected chi connectivity index (χ0v) is 17.3. The van der Waals surface area contributed by atoms with Crippen molar-refractivity contribution in [3.8, 4) is 11.5 Å². The van der Waals surface area contributed by atoms with Gasteiger partial charge < -0.3 is 14.4 Å². The van der Waals surface area contributed by atoms with Gasteiger partial charge in [-0.3, -0.25) is 0 Å². The molecule has 1 fully saturated rings. The molecule has 6 nitrogen and oxygen atoms in total. The van der Waals surface area contributed by atoms with Gasteiger partial charge in [-0.25, -0.2) is 8.42 Å². The summed E-state index contributed by atoms with van der Waals surface area (Å²) in [5, 5.41) is 0. The summed E-state index contributed by atoms with van der Waals surface area (Å²) in [5.74, 6) is 1.55. The fraction of sp³-hybridized carbons (Fsp3) is 0.429. The SMILES string of the molecule is COc1ccc(S(=O)(=O)N2CCN(CCCOc3cccc(C)c3)CC2)cc1. The van der Waals surface area contributed by atoms with Gasteiger partial charge in [0.1, 0.15) is 11.5 Å². The predicted octanol–water partition coefficient (Wildman–Crippen LogP) is 2.78. The van der Waals surface area contributed by atoms with E-state index in [2.05, 4.69) is 4.90 Å². The van der Waals surface area contributed by atoms with E-state index in [1.807, 2.05) is 31.2 Å². The lowest BCUT2D eigenvalue weighted by atomic mass is 10.2. The number of nitrogens with zero attached hydrogens (tertiary/aromatic N) is 2. The fourth-order valence-electron chi connectivity index (χ4n) is 3.27. The highest BCUT2D eigenvalue weighted by Gasteiger charge is 2.28. The third-order valence-electron chi connectivity index (χ3n) is 4.91. The van der Waals surface area contributed by atoms with Gasteiger partial charge in [0.15, 0.2) is 0 Å². The van der Waals surface area contributed by atoms with Crippen LogP contribution in [0.5, 0.6) is 11.5 Å². The molecule has 0 spiro atoms. The first-order valence-corrected chi connectivity index (χ1v) is 11.0. The minimum absolute atomic E-state index is 0.313. The topological polar surface area (TPSA) is 59.1 Å². The minimum Gasteiger partial charge on any atom is -0.497 e. The van der Waals surface area contributed by atoms with Crippen LogP contribution < -0.4 is 9.47 Å². The molecule has 0 bridgehead atoms. The van der Waals surface area contributed by atoms with E-state index in [0.717, 1.165) is 31.8 Å². The molecule has 2 aromatic carbocycles. The second-order valence-electron chi connectivity index (χ2n) is 6.94. The highest BCUT2D eigenvalue weighted by molar-refractivity contribution is 7.89. The van der Waals surface area contributed by atoms with E-state index in [0.29, 0.717) is 30.3 Å². The first kappa shape index (κ1) is 20.6. The molecule has 0 unspecified atom stereocenters. The Balaban J connectivity index is 1.43. The largest absolute Gasteiger partial charge is 0.497 e. The van der Waals surface area contributed by atoms with Crippen LogP contribution >= 0.6 is 0 Å². The maximum atomic E-state index is 12.8. The van der Waals surface area contributed by atoms with Gasteiger partial charge in [-0.2, -0.15) is 4.31 Å². The Morgan fingerprint density at radius 3 is 2.32 bits per heavy atom. The van der Waals surface area contributed by atoms with E-state index in [9.17, 15) is 8.42 Å². The Morgan fingerprint density at radius 1 is 0.964 bits per heavy atom. The monoisotopic (exact) mass is 404 g/mol. The van der Waals surface area contributed by atoms with Crippen LogP contribution in [0.15, 0.2) is 53.4 Å². The van der Waals surface area contributed by atoms with Gasteiger partial charge in [0.05, 0.1) is 18.6 Å². The molecule has 1 saturated heterocycles. The van der Waals surface area contributed by atoms with Crippen LogP contribution in [-0.4, -0.2) is 64.1 Å². The Hall–Kier alpha value is -2.09. The molecule has 0 aromatic heterocycles. The zero-order chi connectivity index (χ0) is 20.0. The summed E-state index contributed by atoms with van der Waals surface area (Å²) >= 11 is 0. The van der Waals surface area contributed by atoms with Crippen molar-refractivity contribution in [3.05, 3.63) is 54.1 Å². The molecule has 2 aromatic rings. The normalized spacial score (nSPS) is 16.1. The Bertz CT molecular complexity index is 860. The first-order valence-electron chi connectivity index (χ1n) is 9.55. The fourth-order valence-corrected chi connectivity index (χ4v) is 4.70. The van der Waals surface area contributed by atoms with E-state index < -0.39 is 10.0 Å². The number of ether oxygens (including phenoxy) is 2. The van der Waals surface area contributed by atoms with Crippen molar-refractivity contribution in [2.75, 3.05) is 46.4 Å². The van der Waals surface area contributed by atoms with Crippen molar-refractivity contribution < 1.29 is 17.9 Å². The minimum atomic E-state index is -3.45. The average molecular weight is 405 g/mol. The lowest BCUT2D eigenvalue weighted by Crippen LogP contribution is -2.48. The van der Waals surface area contributed by atoms with Gasteiger partial charge in [0.2, 0.25) is 10.0 Å². The summed E-state index contributed by atoms with van der Waals surface area (Å²) in [6.07, 6.45) is 0.916. The van der Waals surface area contributed by atoms with E-state index in [4.69, 9.17) is 9.47 Å². The molecule has 0 atom stereocenters. The van der Waals surface area contributed by atoms with Crippen LogP contribution in [0.1, 0.15) is 12.0 Å². The van der Waals surface area contributed by atoms with Gasteiger partial charge >= 0.3 is 0 Å². The van der Waals surface area contributed by atoms with Crippen molar-refractivity contribution in [1.29, 1.82) is 0 Å². The number of piperazine rings is 1.